The molecule has 6 heteroatoms. The predicted molar refractivity (Wildman–Crippen MR) is 84.3 cm³/mol. The molecule has 0 atom stereocenters. The van der Waals surface area contributed by atoms with Crippen molar-refractivity contribution in [2.75, 3.05) is 19.1 Å². The summed E-state index contributed by atoms with van der Waals surface area (Å²) in [6.07, 6.45) is 7.02. The van der Waals surface area contributed by atoms with Crippen LogP contribution >= 0.6 is 0 Å². The van der Waals surface area contributed by atoms with E-state index >= 15 is 0 Å². The van der Waals surface area contributed by atoms with Gasteiger partial charge in [-0.1, -0.05) is 12.1 Å². The Kier molecular flexibility index (Phi) is 4.00. The zero-order valence-corrected chi connectivity index (χ0v) is 12.5. The number of hydrogen-bond donors (Lipinski definition) is 0. The summed E-state index contributed by atoms with van der Waals surface area (Å²) in [5.41, 5.74) is 2.22. The molecule has 0 aliphatic heterocycles. The highest BCUT2D eigenvalue weighted by Crippen LogP contribution is 2.14. The first-order valence-electron chi connectivity index (χ1n) is 6.92. The van der Waals surface area contributed by atoms with E-state index in [0.717, 1.165) is 12.2 Å². The second-order valence-electron chi connectivity index (χ2n) is 4.90. The molecule has 22 heavy (non-hydrogen) atoms. The van der Waals surface area contributed by atoms with Crippen molar-refractivity contribution in [3.63, 3.8) is 0 Å². The van der Waals surface area contributed by atoms with Crippen molar-refractivity contribution in [2.24, 2.45) is 0 Å². The van der Waals surface area contributed by atoms with Crippen LogP contribution < -0.4 is 9.64 Å². The Morgan fingerprint density at radius 3 is 2.45 bits per heavy atom. The molecule has 6 nitrogen and oxygen atoms in total. The summed E-state index contributed by atoms with van der Waals surface area (Å²) >= 11 is 0. The molecule has 0 saturated carbocycles. The number of aromatic nitrogens is 4. The Bertz CT molecular complexity index is 707. The zero-order valence-electron chi connectivity index (χ0n) is 12.5. The van der Waals surface area contributed by atoms with E-state index < -0.39 is 0 Å². The van der Waals surface area contributed by atoms with Crippen molar-refractivity contribution in [3.8, 4) is 11.4 Å². The van der Waals surface area contributed by atoms with Gasteiger partial charge >= 0.3 is 0 Å². The fourth-order valence-electron chi connectivity index (χ4n) is 2.13. The summed E-state index contributed by atoms with van der Waals surface area (Å²) < 4.78 is 6.90. The number of anilines is 1. The fourth-order valence-corrected chi connectivity index (χ4v) is 2.13. The molecule has 0 aliphatic carbocycles. The monoisotopic (exact) mass is 295 g/mol. The molecule has 1 aromatic carbocycles. The van der Waals surface area contributed by atoms with E-state index in [1.54, 1.807) is 25.7 Å². The fraction of sp³-hybridized carbons (Fsp3) is 0.188. The van der Waals surface area contributed by atoms with Gasteiger partial charge in [0.2, 0.25) is 5.95 Å². The lowest BCUT2D eigenvalue weighted by atomic mass is 10.2. The van der Waals surface area contributed by atoms with Crippen LogP contribution in [0, 0.1) is 0 Å². The first-order chi connectivity index (χ1) is 10.8. The van der Waals surface area contributed by atoms with Crippen LogP contribution in [0.4, 0.5) is 5.95 Å². The molecule has 0 unspecified atom stereocenters. The first kappa shape index (κ1) is 14.1. The highest BCUT2D eigenvalue weighted by atomic mass is 16.5. The maximum atomic E-state index is 5.06. The van der Waals surface area contributed by atoms with Crippen LogP contribution in [-0.4, -0.2) is 33.9 Å². The SMILES string of the molecule is COc1cnc(N(C)Cc2ccc(-n3cccn3)cc2)nc1. The van der Waals surface area contributed by atoms with Crippen LogP contribution in [-0.2, 0) is 6.54 Å². The van der Waals surface area contributed by atoms with Crippen molar-refractivity contribution >= 4 is 5.95 Å². The minimum Gasteiger partial charge on any atom is -0.494 e. The summed E-state index contributed by atoms with van der Waals surface area (Å²) in [6.45, 7) is 0.728. The van der Waals surface area contributed by atoms with E-state index in [2.05, 4.69) is 27.2 Å². The number of rotatable bonds is 5. The molecule has 0 radical (unpaired) electrons. The van der Waals surface area contributed by atoms with Crippen LogP contribution in [0.2, 0.25) is 0 Å². The Morgan fingerprint density at radius 2 is 1.86 bits per heavy atom. The minimum absolute atomic E-state index is 0.653. The van der Waals surface area contributed by atoms with Gasteiger partial charge in [-0.25, -0.2) is 14.6 Å². The second kappa shape index (κ2) is 6.26. The average molecular weight is 295 g/mol. The lowest BCUT2D eigenvalue weighted by Crippen LogP contribution is -2.18. The largest absolute Gasteiger partial charge is 0.494 e. The number of hydrogen-bond acceptors (Lipinski definition) is 5. The van der Waals surface area contributed by atoms with E-state index in [0.29, 0.717) is 11.7 Å². The Morgan fingerprint density at radius 1 is 1.14 bits per heavy atom. The van der Waals surface area contributed by atoms with Gasteiger partial charge in [0.05, 0.1) is 25.2 Å². The number of methoxy groups -OCH3 is 1. The van der Waals surface area contributed by atoms with Gasteiger partial charge in [0.1, 0.15) is 0 Å². The average Bonchev–Trinajstić information content (AvgIpc) is 3.10. The summed E-state index contributed by atoms with van der Waals surface area (Å²) in [4.78, 5) is 10.5. The maximum Gasteiger partial charge on any atom is 0.225 e. The molecule has 0 amide bonds. The highest BCUT2D eigenvalue weighted by Gasteiger charge is 2.06. The number of ether oxygens (including phenoxy) is 1. The highest BCUT2D eigenvalue weighted by molar-refractivity contribution is 5.37. The van der Waals surface area contributed by atoms with E-state index in [-0.39, 0.29) is 0 Å². The summed E-state index contributed by atoms with van der Waals surface area (Å²) in [6, 6.07) is 10.2. The lowest BCUT2D eigenvalue weighted by molar-refractivity contribution is 0.410. The topological polar surface area (TPSA) is 56.1 Å². The smallest absolute Gasteiger partial charge is 0.225 e. The molecule has 0 spiro atoms. The van der Waals surface area contributed by atoms with Crippen molar-refractivity contribution in [1.82, 2.24) is 19.7 Å². The molecule has 0 aliphatic rings. The van der Waals surface area contributed by atoms with Crippen LogP contribution in [0.15, 0.2) is 55.1 Å². The van der Waals surface area contributed by atoms with Crippen molar-refractivity contribution in [2.45, 2.75) is 6.54 Å². The van der Waals surface area contributed by atoms with Crippen molar-refractivity contribution in [1.29, 1.82) is 0 Å². The Hall–Kier alpha value is -2.89. The molecule has 0 bridgehead atoms. The molecular formula is C16H17N5O. The molecule has 3 aromatic rings. The molecular weight excluding hydrogens is 278 g/mol. The molecule has 2 heterocycles. The summed E-state index contributed by atoms with van der Waals surface area (Å²) in [5.74, 6) is 1.32. The predicted octanol–water partition coefficient (Wildman–Crippen LogP) is 2.31. The molecule has 2 aromatic heterocycles. The van der Waals surface area contributed by atoms with Crippen LogP contribution in [0.25, 0.3) is 5.69 Å². The number of benzene rings is 1. The molecule has 3 rings (SSSR count). The van der Waals surface area contributed by atoms with Gasteiger partial charge in [-0.15, -0.1) is 0 Å². The van der Waals surface area contributed by atoms with E-state index in [1.165, 1.54) is 5.56 Å². The van der Waals surface area contributed by atoms with Crippen molar-refractivity contribution in [3.05, 3.63) is 60.7 Å². The van der Waals surface area contributed by atoms with Gasteiger partial charge in [0.25, 0.3) is 0 Å². The zero-order chi connectivity index (χ0) is 15.4. The van der Waals surface area contributed by atoms with E-state index in [1.807, 2.05) is 41.0 Å². The second-order valence-corrected chi connectivity index (χ2v) is 4.90. The van der Waals surface area contributed by atoms with Crippen LogP contribution in [0.1, 0.15) is 5.56 Å². The van der Waals surface area contributed by atoms with Crippen molar-refractivity contribution < 1.29 is 4.74 Å². The van der Waals surface area contributed by atoms with Gasteiger partial charge in [0.15, 0.2) is 5.75 Å². The quantitative estimate of drug-likeness (QED) is 0.723. The molecule has 0 saturated heterocycles. The van der Waals surface area contributed by atoms with Gasteiger partial charge in [0, 0.05) is 26.0 Å². The molecule has 112 valence electrons. The third-order valence-corrected chi connectivity index (χ3v) is 3.32. The first-order valence-corrected chi connectivity index (χ1v) is 6.92. The van der Waals surface area contributed by atoms with Gasteiger partial charge in [-0.3, -0.25) is 0 Å². The van der Waals surface area contributed by atoms with Gasteiger partial charge in [-0.2, -0.15) is 5.10 Å². The van der Waals surface area contributed by atoms with Crippen LogP contribution in [0.5, 0.6) is 5.75 Å². The van der Waals surface area contributed by atoms with E-state index in [4.69, 9.17) is 4.74 Å². The normalized spacial score (nSPS) is 10.5. The van der Waals surface area contributed by atoms with E-state index in [9.17, 15) is 0 Å². The van der Waals surface area contributed by atoms with Gasteiger partial charge < -0.3 is 9.64 Å². The third-order valence-electron chi connectivity index (χ3n) is 3.32. The molecule has 0 N–H and O–H groups in total. The van der Waals surface area contributed by atoms with Gasteiger partial charge in [-0.05, 0) is 23.8 Å². The minimum atomic E-state index is 0.653. The summed E-state index contributed by atoms with van der Waals surface area (Å²) in [7, 11) is 3.56. The maximum absolute atomic E-state index is 5.06. The number of nitrogens with zero attached hydrogens (tertiary/aromatic N) is 5. The lowest BCUT2D eigenvalue weighted by Gasteiger charge is -2.17. The molecule has 0 fully saturated rings. The van der Waals surface area contributed by atoms with Crippen LogP contribution in [0.3, 0.4) is 0 Å². The summed E-state index contributed by atoms with van der Waals surface area (Å²) in [5, 5.41) is 4.22. The Labute approximate surface area is 129 Å². The standard InChI is InChI=1S/C16H17N5O/c1-20(16-17-10-15(22-2)11-18-16)12-13-4-6-14(7-5-13)21-9-3-8-19-21/h3-11H,12H2,1-2H3. The Balaban J connectivity index is 1.69. The third kappa shape index (κ3) is 3.06.